The van der Waals surface area contributed by atoms with Crippen LogP contribution in [0, 0.1) is 6.92 Å². The summed E-state index contributed by atoms with van der Waals surface area (Å²) >= 11 is 1.09. The van der Waals surface area contributed by atoms with Crippen LogP contribution in [0.15, 0.2) is 47.8 Å². The molecule has 6 nitrogen and oxygen atoms in total. The van der Waals surface area contributed by atoms with Crippen molar-refractivity contribution in [2.45, 2.75) is 13.1 Å². The van der Waals surface area contributed by atoms with Gasteiger partial charge in [0.15, 0.2) is 0 Å². The first kappa shape index (κ1) is 20.9. The normalized spacial score (nSPS) is 13.9. The highest BCUT2D eigenvalue weighted by atomic mass is 32.1. The highest BCUT2D eigenvalue weighted by Crippen LogP contribution is 2.33. The minimum atomic E-state index is -4.46. The number of aromatic nitrogens is 1. The maximum Gasteiger partial charge on any atom is 0.416 e. The number of benzene rings is 2. The molecule has 160 valence electrons. The van der Waals surface area contributed by atoms with Crippen molar-refractivity contribution < 1.29 is 22.8 Å². The molecule has 10 heteroatoms. The Morgan fingerprint density at radius 2 is 2.03 bits per heavy atom. The Kier molecular flexibility index (Phi) is 5.40. The molecule has 2 aromatic carbocycles. The molecule has 0 spiro atoms. The van der Waals surface area contributed by atoms with E-state index in [4.69, 9.17) is 0 Å². The number of carbonyl (C=O) groups excluding carboxylic acids is 2. The number of anilines is 2. The van der Waals surface area contributed by atoms with E-state index in [0.717, 1.165) is 29.0 Å². The number of hydrogen-bond acceptors (Lipinski definition) is 4. The number of nitrogens with zero attached hydrogens (tertiary/aromatic N) is 2. The smallest absolute Gasteiger partial charge is 0.336 e. The molecular formula is C21H17F3N4O2S. The number of rotatable bonds is 4. The van der Waals surface area contributed by atoms with Crippen LogP contribution in [0.4, 0.5) is 29.3 Å². The zero-order chi connectivity index (χ0) is 22.2. The van der Waals surface area contributed by atoms with E-state index in [-0.39, 0.29) is 17.3 Å². The van der Waals surface area contributed by atoms with Crippen LogP contribution in [0.1, 0.15) is 21.6 Å². The molecule has 4 rings (SSSR count). The Morgan fingerprint density at radius 1 is 1.23 bits per heavy atom. The lowest BCUT2D eigenvalue weighted by Crippen LogP contribution is -2.28. The van der Waals surface area contributed by atoms with Crippen LogP contribution in [-0.4, -0.2) is 30.0 Å². The van der Waals surface area contributed by atoms with Gasteiger partial charge in [0.25, 0.3) is 5.91 Å². The molecule has 31 heavy (non-hydrogen) atoms. The molecule has 1 fully saturated rings. The summed E-state index contributed by atoms with van der Waals surface area (Å²) in [4.78, 5) is 30.4. The van der Waals surface area contributed by atoms with Crippen molar-refractivity contribution in [1.29, 1.82) is 0 Å². The largest absolute Gasteiger partial charge is 0.416 e. The van der Waals surface area contributed by atoms with Gasteiger partial charge in [0.2, 0.25) is 0 Å². The molecular weight excluding hydrogens is 429 g/mol. The molecule has 1 aromatic heterocycles. The van der Waals surface area contributed by atoms with Crippen molar-refractivity contribution in [1.82, 2.24) is 10.3 Å². The van der Waals surface area contributed by atoms with E-state index in [9.17, 15) is 22.8 Å². The minimum absolute atomic E-state index is 0.0958. The van der Waals surface area contributed by atoms with E-state index < -0.39 is 17.6 Å². The van der Waals surface area contributed by atoms with Crippen LogP contribution in [0.2, 0.25) is 0 Å². The zero-order valence-corrected chi connectivity index (χ0v) is 17.1. The SMILES string of the molecule is Cc1ccc(NC(=O)c2csc(-c3cccc(C(F)(F)F)c3)n2)cc1N1CCNC1=O. The molecule has 0 saturated carbocycles. The first-order chi connectivity index (χ1) is 14.7. The highest BCUT2D eigenvalue weighted by Gasteiger charge is 2.30. The van der Waals surface area contributed by atoms with Gasteiger partial charge < -0.3 is 10.6 Å². The van der Waals surface area contributed by atoms with Crippen molar-refractivity contribution in [2.75, 3.05) is 23.3 Å². The maximum absolute atomic E-state index is 12.9. The molecule has 0 aliphatic carbocycles. The van der Waals surface area contributed by atoms with Crippen LogP contribution in [0.3, 0.4) is 0 Å². The quantitative estimate of drug-likeness (QED) is 0.598. The monoisotopic (exact) mass is 446 g/mol. The van der Waals surface area contributed by atoms with E-state index in [0.29, 0.717) is 29.5 Å². The van der Waals surface area contributed by atoms with E-state index in [2.05, 4.69) is 15.6 Å². The van der Waals surface area contributed by atoms with E-state index in [1.165, 1.54) is 17.5 Å². The first-order valence-corrected chi connectivity index (χ1v) is 10.2. The number of carbonyl (C=O) groups is 2. The highest BCUT2D eigenvalue weighted by molar-refractivity contribution is 7.13. The molecule has 3 aromatic rings. The van der Waals surface area contributed by atoms with Gasteiger partial charge in [-0.05, 0) is 36.8 Å². The lowest BCUT2D eigenvalue weighted by molar-refractivity contribution is -0.137. The molecule has 0 radical (unpaired) electrons. The number of thiazole rings is 1. The summed E-state index contributed by atoms with van der Waals surface area (Å²) < 4.78 is 38.8. The van der Waals surface area contributed by atoms with Crippen molar-refractivity contribution in [3.8, 4) is 10.6 Å². The lowest BCUT2D eigenvalue weighted by Gasteiger charge is -2.18. The fraction of sp³-hybridized carbons (Fsp3) is 0.190. The number of amides is 3. The number of halogens is 3. The molecule has 1 aliphatic heterocycles. The van der Waals surface area contributed by atoms with Gasteiger partial charge in [0.05, 0.1) is 11.3 Å². The van der Waals surface area contributed by atoms with Gasteiger partial charge in [-0.1, -0.05) is 18.2 Å². The van der Waals surface area contributed by atoms with Crippen LogP contribution < -0.4 is 15.5 Å². The first-order valence-electron chi connectivity index (χ1n) is 9.33. The zero-order valence-electron chi connectivity index (χ0n) is 16.3. The number of urea groups is 1. The third-order valence-electron chi connectivity index (χ3n) is 4.79. The van der Waals surface area contributed by atoms with Crippen molar-refractivity contribution in [3.63, 3.8) is 0 Å². The van der Waals surface area contributed by atoms with Gasteiger partial charge in [-0.15, -0.1) is 11.3 Å². The van der Waals surface area contributed by atoms with Gasteiger partial charge in [0.1, 0.15) is 10.7 Å². The third kappa shape index (κ3) is 4.38. The molecule has 0 bridgehead atoms. The molecule has 1 aliphatic rings. The second kappa shape index (κ2) is 8.03. The fourth-order valence-corrected chi connectivity index (χ4v) is 4.01. The fourth-order valence-electron chi connectivity index (χ4n) is 3.21. The molecule has 1 saturated heterocycles. The summed E-state index contributed by atoms with van der Waals surface area (Å²) in [6, 6.07) is 9.84. The molecule has 0 atom stereocenters. The maximum atomic E-state index is 12.9. The Morgan fingerprint density at radius 3 is 2.74 bits per heavy atom. The summed E-state index contributed by atoms with van der Waals surface area (Å²) in [6.45, 7) is 2.95. The molecule has 2 heterocycles. The van der Waals surface area contributed by atoms with Crippen molar-refractivity contribution in [3.05, 3.63) is 64.7 Å². The predicted octanol–water partition coefficient (Wildman–Crippen LogP) is 4.92. The Balaban J connectivity index is 1.53. The summed E-state index contributed by atoms with van der Waals surface area (Å²) in [6.07, 6.45) is -4.46. The van der Waals surface area contributed by atoms with Crippen molar-refractivity contribution >= 4 is 34.6 Å². The average molecular weight is 446 g/mol. The Bertz CT molecular complexity index is 1160. The predicted molar refractivity (Wildman–Crippen MR) is 112 cm³/mol. The summed E-state index contributed by atoms with van der Waals surface area (Å²) in [5, 5.41) is 7.27. The Labute approximate surface area is 179 Å². The average Bonchev–Trinajstić information content (AvgIpc) is 3.38. The number of nitrogens with one attached hydrogen (secondary N) is 2. The topological polar surface area (TPSA) is 74.3 Å². The van der Waals surface area contributed by atoms with Gasteiger partial charge in [-0.3, -0.25) is 9.69 Å². The second-order valence-corrected chi connectivity index (χ2v) is 7.81. The molecule has 3 amide bonds. The third-order valence-corrected chi connectivity index (χ3v) is 5.68. The van der Waals surface area contributed by atoms with Gasteiger partial charge in [0, 0.05) is 29.7 Å². The summed E-state index contributed by atoms with van der Waals surface area (Å²) in [7, 11) is 0. The van der Waals surface area contributed by atoms with Crippen LogP contribution >= 0.6 is 11.3 Å². The van der Waals surface area contributed by atoms with Crippen molar-refractivity contribution in [2.24, 2.45) is 0 Å². The van der Waals surface area contributed by atoms with Crippen LogP contribution in [0.25, 0.3) is 10.6 Å². The molecule has 0 unspecified atom stereocenters. The Hall–Kier alpha value is -3.40. The van der Waals surface area contributed by atoms with Crippen LogP contribution in [0.5, 0.6) is 0 Å². The standard InChI is InChI=1S/C21H17F3N4O2S/c1-12-5-6-15(10-17(12)28-8-7-25-20(28)30)26-18(29)16-11-31-19(27-16)13-3-2-4-14(9-13)21(22,23)24/h2-6,9-11H,7-8H2,1H3,(H,25,30)(H,26,29). The number of hydrogen-bond donors (Lipinski definition) is 2. The van der Waals surface area contributed by atoms with E-state index >= 15 is 0 Å². The van der Waals surface area contributed by atoms with E-state index in [1.807, 2.05) is 6.92 Å². The van der Waals surface area contributed by atoms with E-state index in [1.54, 1.807) is 23.1 Å². The molecule has 2 N–H and O–H groups in total. The minimum Gasteiger partial charge on any atom is -0.336 e. The van der Waals surface area contributed by atoms with Gasteiger partial charge >= 0.3 is 12.2 Å². The van der Waals surface area contributed by atoms with Gasteiger partial charge in [-0.2, -0.15) is 13.2 Å². The van der Waals surface area contributed by atoms with Gasteiger partial charge in [-0.25, -0.2) is 9.78 Å². The second-order valence-electron chi connectivity index (χ2n) is 6.96. The summed E-state index contributed by atoms with van der Waals surface area (Å²) in [5.41, 5.74) is 1.67. The van der Waals surface area contributed by atoms with Crippen LogP contribution in [-0.2, 0) is 6.18 Å². The number of aryl methyl sites for hydroxylation is 1. The summed E-state index contributed by atoms with van der Waals surface area (Å²) in [5.74, 6) is -0.491. The number of alkyl halides is 3. The lowest BCUT2D eigenvalue weighted by atomic mass is 10.1.